The monoisotopic (exact) mass is 802 g/mol. The first-order chi connectivity index (χ1) is 27.3. The summed E-state index contributed by atoms with van der Waals surface area (Å²) in [7, 11) is 0. The number of carbonyl (C=O) groups excluding carboxylic acids is 1. The molecule has 1 heterocycles. The number of amides is 1. The van der Waals surface area contributed by atoms with Crippen LogP contribution in [0.4, 0.5) is 0 Å². The minimum absolute atomic E-state index is 0.255. The maximum Gasteiger partial charge on any atom is 0.220 e. The topological polar surface area (TPSA) is 169 Å². The van der Waals surface area contributed by atoms with Gasteiger partial charge in [0.25, 0.3) is 0 Å². The van der Waals surface area contributed by atoms with Gasteiger partial charge in [-0.05, 0) is 12.8 Å². The van der Waals surface area contributed by atoms with Crippen LogP contribution in [0.1, 0.15) is 226 Å². The molecular formula is C46H91NO9. The Balaban J connectivity index is 2.27. The van der Waals surface area contributed by atoms with Gasteiger partial charge in [0.2, 0.25) is 5.91 Å². The van der Waals surface area contributed by atoms with E-state index in [1.165, 1.54) is 154 Å². The number of nitrogens with one attached hydrogen (secondary N) is 1. The Kier molecular flexibility index (Phi) is 35.3. The fourth-order valence-corrected chi connectivity index (χ4v) is 7.91. The molecule has 1 saturated heterocycles. The average molecular weight is 802 g/mol. The van der Waals surface area contributed by atoms with Crippen molar-refractivity contribution in [3.63, 3.8) is 0 Å². The molecule has 0 saturated carbocycles. The van der Waals surface area contributed by atoms with Crippen LogP contribution in [0.15, 0.2) is 0 Å². The third-order valence-corrected chi connectivity index (χ3v) is 11.8. The summed E-state index contributed by atoms with van der Waals surface area (Å²) in [4.78, 5) is 13.0. The van der Waals surface area contributed by atoms with Crippen molar-refractivity contribution in [3.8, 4) is 0 Å². The number of unbranched alkanes of at least 4 members (excludes halogenated alkanes) is 29. The van der Waals surface area contributed by atoms with Crippen LogP contribution in [-0.4, -0.2) is 98.7 Å². The molecule has 1 aliphatic rings. The van der Waals surface area contributed by atoms with Gasteiger partial charge in [0.15, 0.2) is 6.29 Å². The summed E-state index contributed by atoms with van der Waals surface area (Å²) in [6, 6.07) is -0.983. The Morgan fingerprint density at radius 1 is 0.554 bits per heavy atom. The van der Waals surface area contributed by atoms with Gasteiger partial charge in [-0.1, -0.05) is 206 Å². The predicted molar refractivity (Wildman–Crippen MR) is 227 cm³/mol. The van der Waals surface area contributed by atoms with Gasteiger partial charge >= 0.3 is 0 Å². The van der Waals surface area contributed by atoms with E-state index in [2.05, 4.69) is 19.2 Å². The lowest BCUT2D eigenvalue weighted by atomic mass is 9.98. The number of aliphatic hydroxyl groups excluding tert-OH is 6. The lowest BCUT2D eigenvalue weighted by molar-refractivity contribution is -0.303. The number of carbonyl (C=O) groups is 1. The van der Waals surface area contributed by atoms with Crippen molar-refractivity contribution >= 4 is 5.91 Å². The normalized spacial score (nSPS) is 21.6. The minimum Gasteiger partial charge on any atom is -0.394 e. The molecule has 0 spiro atoms. The van der Waals surface area contributed by atoms with Gasteiger partial charge in [-0.2, -0.15) is 0 Å². The van der Waals surface area contributed by atoms with E-state index < -0.39 is 55.6 Å². The molecule has 0 bridgehead atoms. The summed E-state index contributed by atoms with van der Waals surface area (Å²) in [5.74, 6) is -0.255. The standard InChI is InChI=1S/C46H91NO9/c1-3-5-7-9-11-13-14-15-16-17-18-19-20-21-22-23-24-25-27-29-31-33-35-41(50)47-38(37-55-46-45(54)44(53)43(52)40(36-48)56-46)42(51)39(49)34-32-30-28-26-12-10-8-6-4-2/h38-40,42-46,48-49,51-54H,3-37H2,1-2H3,(H,47,50)/t38-,39+,40+,42-,43+,44?,45?,46+/m0/s1. The molecule has 10 nitrogen and oxygen atoms in total. The lowest BCUT2D eigenvalue weighted by Gasteiger charge is -2.40. The van der Waals surface area contributed by atoms with Gasteiger partial charge in [-0.15, -0.1) is 0 Å². The highest BCUT2D eigenvalue weighted by Crippen LogP contribution is 2.23. The average Bonchev–Trinajstić information content (AvgIpc) is 3.20. The molecule has 56 heavy (non-hydrogen) atoms. The zero-order valence-electron chi connectivity index (χ0n) is 36.3. The van der Waals surface area contributed by atoms with Crippen molar-refractivity contribution in [2.75, 3.05) is 13.2 Å². The van der Waals surface area contributed by atoms with E-state index in [0.717, 1.165) is 44.9 Å². The largest absolute Gasteiger partial charge is 0.394 e. The number of hydrogen-bond acceptors (Lipinski definition) is 9. The molecule has 1 aliphatic heterocycles. The van der Waals surface area contributed by atoms with Crippen LogP contribution < -0.4 is 5.32 Å². The molecule has 10 heteroatoms. The molecule has 0 aliphatic carbocycles. The second-order valence-electron chi connectivity index (χ2n) is 17.1. The Bertz CT molecular complexity index is 864. The molecule has 8 atom stereocenters. The van der Waals surface area contributed by atoms with Gasteiger partial charge in [0, 0.05) is 6.42 Å². The highest BCUT2D eigenvalue weighted by Gasteiger charge is 2.44. The molecule has 2 unspecified atom stereocenters. The van der Waals surface area contributed by atoms with Gasteiger partial charge in [-0.25, -0.2) is 0 Å². The van der Waals surface area contributed by atoms with Crippen LogP contribution in [0.25, 0.3) is 0 Å². The van der Waals surface area contributed by atoms with Crippen LogP contribution in [0, 0.1) is 0 Å². The lowest BCUT2D eigenvalue weighted by Crippen LogP contribution is -2.60. The van der Waals surface area contributed by atoms with Crippen molar-refractivity contribution in [1.82, 2.24) is 5.32 Å². The molecule has 0 aromatic heterocycles. The second-order valence-corrected chi connectivity index (χ2v) is 17.1. The first kappa shape index (κ1) is 53.2. The van der Waals surface area contributed by atoms with E-state index >= 15 is 0 Å². The molecule has 1 amide bonds. The van der Waals surface area contributed by atoms with Gasteiger partial charge in [-0.3, -0.25) is 4.79 Å². The highest BCUT2D eigenvalue weighted by molar-refractivity contribution is 5.76. The van der Waals surface area contributed by atoms with Crippen molar-refractivity contribution in [2.24, 2.45) is 0 Å². The molecule has 1 rings (SSSR count). The number of hydrogen-bond donors (Lipinski definition) is 7. The molecule has 0 aromatic rings. The van der Waals surface area contributed by atoms with Crippen LogP contribution in [0.3, 0.4) is 0 Å². The summed E-state index contributed by atoms with van der Waals surface area (Å²) in [6.45, 7) is 3.59. The van der Waals surface area contributed by atoms with E-state index in [9.17, 15) is 35.4 Å². The molecule has 0 aromatic carbocycles. The Morgan fingerprint density at radius 3 is 1.32 bits per heavy atom. The maximum atomic E-state index is 13.0. The zero-order valence-corrected chi connectivity index (χ0v) is 36.3. The zero-order chi connectivity index (χ0) is 41.1. The van der Waals surface area contributed by atoms with Crippen LogP contribution in [-0.2, 0) is 14.3 Å². The molecule has 334 valence electrons. The van der Waals surface area contributed by atoms with Crippen molar-refractivity contribution < 1.29 is 44.9 Å². The second kappa shape index (κ2) is 37.2. The quantitative estimate of drug-likeness (QED) is 0.0299. The van der Waals surface area contributed by atoms with E-state index in [4.69, 9.17) is 9.47 Å². The fourth-order valence-electron chi connectivity index (χ4n) is 7.91. The Labute approximate surface area is 343 Å². The predicted octanol–water partition coefficient (Wildman–Crippen LogP) is 8.92. The SMILES string of the molecule is CCCCCCCCCCCCCCCCCCCCCCCCC(=O)N[C@@H](CO[C@@H]1O[C@H](CO)[C@@H](O)C(O)C1O)[C@H](O)[C@H](O)CCCCCCCCCCC. The summed E-state index contributed by atoms with van der Waals surface area (Å²) < 4.78 is 11.1. The number of aliphatic hydroxyl groups is 6. The summed E-state index contributed by atoms with van der Waals surface area (Å²) in [6.07, 6.45) is 29.9. The fraction of sp³-hybridized carbons (Fsp3) is 0.978. The summed E-state index contributed by atoms with van der Waals surface area (Å²) in [5.41, 5.74) is 0. The van der Waals surface area contributed by atoms with Crippen molar-refractivity contribution in [1.29, 1.82) is 0 Å². The van der Waals surface area contributed by atoms with Crippen molar-refractivity contribution in [3.05, 3.63) is 0 Å². The van der Waals surface area contributed by atoms with E-state index in [1.54, 1.807) is 0 Å². The van der Waals surface area contributed by atoms with Gasteiger partial charge in [0.05, 0.1) is 25.4 Å². The first-order valence-corrected chi connectivity index (χ1v) is 23.8. The summed E-state index contributed by atoms with van der Waals surface area (Å²) >= 11 is 0. The first-order valence-electron chi connectivity index (χ1n) is 23.8. The number of rotatable bonds is 40. The van der Waals surface area contributed by atoms with Crippen LogP contribution in [0.2, 0.25) is 0 Å². The smallest absolute Gasteiger partial charge is 0.220 e. The van der Waals surface area contributed by atoms with Crippen molar-refractivity contribution in [2.45, 2.75) is 275 Å². The van der Waals surface area contributed by atoms with Crippen LogP contribution >= 0.6 is 0 Å². The van der Waals surface area contributed by atoms with E-state index in [1.807, 2.05) is 0 Å². The highest BCUT2D eigenvalue weighted by atomic mass is 16.7. The molecule has 1 fully saturated rings. The third-order valence-electron chi connectivity index (χ3n) is 11.8. The molecule has 0 radical (unpaired) electrons. The third kappa shape index (κ3) is 27.0. The molecule has 7 N–H and O–H groups in total. The minimum atomic E-state index is -1.60. The van der Waals surface area contributed by atoms with Crippen LogP contribution in [0.5, 0.6) is 0 Å². The number of ether oxygens (including phenoxy) is 2. The Hall–Kier alpha value is -0.850. The van der Waals surface area contributed by atoms with E-state index in [0.29, 0.717) is 6.42 Å². The molecular weight excluding hydrogens is 711 g/mol. The maximum absolute atomic E-state index is 13.0. The van der Waals surface area contributed by atoms with E-state index in [-0.39, 0.29) is 18.9 Å². The van der Waals surface area contributed by atoms with Gasteiger partial charge < -0.3 is 45.4 Å². The van der Waals surface area contributed by atoms with Gasteiger partial charge in [0.1, 0.15) is 30.5 Å². The summed E-state index contributed by atoms with van der Waals surface area (Å²) in [5, 5.41) is 65.0. The Morgan fingerprint density at radius 2 is 0.929 bits per heavy atom.